The fourth-order valence-electron chi connectivity index (χ4n) is 3.18. The minimum Gasteiger partial charge on any atom is -0.299 e. The van der Waals surface area contributed by atoms with Gasteiger partial charge in [-0.3, -0.25) is 4.90 Å². The molecular formula is C17H19N5. The molecule has 3 heterocycles. The van der Waals surface area contributed by atoms with Crippen LogP contribution in [0.25, 0.3) is 16.8 Å². The highest BCUT2D eigenvalue weighted by atomic mass is 15.5. The Balaban J connectivity index is 1.74. The normalized spacial score (nSPS) is 16.2. The summed E-state index contributed by atoms with van der Waals surface area (Å²) in [5, 5.41) is 12.1. The zero-order valence-corrected chi connectivity index (χ0v) is 12.5. The number of nitrogens with zero attached hydrogens (tertiary/aromatic N) is 5. The second-order valence-electron chi connectivity index (χ2n) is 5.90. The summed E-state index contributed by atoms with van der Waals surface area (Å²) in [5.41, 5.74) is 4.42. The van der Waals surface area contributed by atoms with Crippen molar-refractivity contribution in [2.45, 2.75) is 25.8 Å². The second kappa shape index (κ2) is 5.85. The maximum absolute atomic E-state index is 4.19. The zero-order chi connectivity index (χ0) is 14.8. The lowest BCUT2D eigenvalue weighted by Gasteiger charge is -2.26. The predicted octanol–water partition coefficient (Wildman–Crippen LogP) is 2.78. The van der Waals surface area contributed by atoms with Gasteiger partial charge in [0.25, 0.3) is 0 Å². The topological polar surface area (TPSA) is 46.3 Å². The van der Waals surface area contributed by atoms with Crippen molar-refractivity contribution in [3.05, 3.63) is 48.2 Å². The molecule has 2 aromatic heterocycles. The van der Waals surface area contributed by atoms with Crippen LogP contribution in [-0.4, -0.2) is 38.0 Å². The third kappa shape index (κ3) is 2.60. The quantitative estimate of drug-likeness (QED) is 0.745. The number of rotatable bonds is 3. The number of likely N-dealkylation sites (tertiary alicyclic amines) is 1. The minimum atomic E-state index is 0.866. The molecule has 1 aromatic carbocycles. The maximum atomic E-state index is 4.19. The fourth-order valence-corrected chi connectivity index (χ4v) is 3.18. The molecule has 0 saturated carbocycles. The summed E-state index contributed by atoms with van der Waals surface area (Å²) in [7, 11) is 0. The molecule has 112 valence electrons. The number of tetrazole rings is 1. The standard InChI is InChI=1S/C17H19N5/c1-3-7-14(8-4-1)15-11-16(12-21-9-5-2-6-10-21)17-18-19-20-22(17)13-15/h1,3-4,7-8,11,13H,2,5-6,9-10,12H2. The Morgan fingerprint density at radius 3 is 2.59 bits per heavy atom. The molecule has 0 bridgehead atoms. The number of pyridine rings is 1. The van der Waals surface area contributed by atoms with Gasteiger partial charge in [0.2, 0.25) is 0 Å². The molecule has 0 amide bonds. The summed E-state index contributed by atoms with van der Waals surface area (Å²) < 4.78 is 1.79. The average molecular weight is 293 g/mol. The Morgan fingerprint density at radius 1 is 0.955 bits per heavy atom. The molecule has 0 aliphatic carbocycles. The van der Waals surface area contributed by atoms with Crippen LogP contribution < -0.4 is 0 Å². The lowest BCUT2D eigenvalue weighted by atomic mass is 10.0. The third-order valence-electron chi connectivity index (χ3n) is 4.32. The van der Waals surface area contributed by atoms with E-state index >= 15 is 0 Å². The van der Waals surface area contributed by atoms with Gasteiger partial charge in [-0.25, -0.2) is 0 Å². The molecule has 1 fully saturated rings. The van der Waals surface area contributed by atoms with Gasteiger partial charge < -0.3 is 0 Å². The second-order valence-corrected chi connectivity index (χ2v) is 5.90. The highest BCUT2D eigenvalue weighted by Gasteiger charge is 2.15. The van der Waals surface area contributed by atoms with Gasteiger partial charge in [0.15, 0.2) is 5.65 Å². The van der Waals surface area contributed by atoms with E-state index in [2.05, 4.69) is 50.8 Å². The third-order valence-corrected chi connectivity index (χ3v) is 4.32. The molecule has 5 heteroatoms. The molecule has 5 nitrogen and oxygen atoms in total. The molecule has 0 spiro atoms. The molecule has 1 aliphatic heterocycles. The fraction of sp³-hybridized carbons (Fsp3) is 0.353. The van der Waals surface area contributed by atoms with Crippen LogP contribution in [0.1, 0.15) is 24.8 Å². The SMILES string of the molecule is c1ccc(-c2cc(CN3CCCCC3)c3nnnn3c2)cc1. The van der Waals surface area contributed by atoms with Crippen LogP contribution in [-0.2, 0) is 6.54 Å². The Labute approximate surface area is 129 Å². The van der Waals surface area contributed by atoms with E-state index in [1.165, 1.54) is 43.5 Å². The van der Waals surface area contributed by atoms with Crippen molar-refractivity contribution in [2.75, 3.05) is 13.1 Å². The van der Waals surface area contributed by atoms with Crippen LogP contribution in [0.3, 0.4) is 0 Å². The van der Waals surface area contributed by atoms with Gasteiger partial charge >= 0.3 is 0 Å². The van der Waals surface area contributed by atoms with Crippen molar-refractivity contribution in [3.63, 3.8) is 0 Å². The Hall–Kier alpha value is -2.27. The van der Waals surface area contributed by atoms with Crippen molar-refractivity contribution in [2.24, 2.45) is 0 Å². The van der Waals surface area contributed by atoms with Crippen LogP contribution in [0, 0.1) is 0 Å². The summed E-state index contributed by atoms with van der Waals surface area (Å²) >= 11 is 0. The lowest BCUT2D eigenvalue weighted by molar-refractivity contribution is 0.221. The summed E-state index contributed by atoms with van der Waals surface area (Å²) in [6, 6.07) is 12.6. The molecule has 1 aliphatic rings. The van der Waals surface area contributed by atoms with Crippen molar-refractivity contribution in [1.82, 2.24) is 24.9 Å². The van der Waals surface area contributed by atoms with E-state index in [9.17, 15) is 0 Å². The van der Waals surface area contributed by atoms with Crippen molar-refractivity contribution >= 4 is 5.65 Å². The summed E-state index contributed by atoms with van der Waals surface area (Å²) in [5.74, 6) is 0. The zero-order valence-electron chi connectivity index (χ0n) is 12.5. The van der Waals surface area contributed by atoms with Gasteiger partial charge in [0.05, 0.1) is 0 Å². The van der Waals surface area contributed by atoms with Crippen LogP contribution in [0.2, 0.25) is 0 Å². The smallest absolute Gasteiger partial charge is 0.183 e. The molecule has 0 N–H and O–H groups in total. The van der Waals surface area contributed by atoms with E-state index in [1.807, 2.05) is 12.3 Å². The Bertz CT molecular complexity index is 759. The molecular weight excluding hydrogens is 274 g/mol. The Morgan fingerprint density at radius 2 is 1.77 bits per heavy atom. The van der Waals surface area contributed by atoms with E-state index < -0.39 is 0 Å². The first-order valence-corrected chi connectivity index (χ1v) is 7.88. The number of hydrogen-bond acceptors (Lipinski definition) is 4. The monoisotopic (exact) mass is 293 g/mol. The van der Waals surface area contributed by atoms with Gasteiger partial charge in [-0.2, -0.15) is 4.52 Å². The van der Waals surface area contributed by atoms with E-state index in [0.717, 1.165) is 17.8 Å². The van der Waals surface area contributed by atoms with Crippen molar-refractivity contribution in [3.8, 4) is 11.1 Å². The first kappa shape index (κ1) is 13.4. The van der Waals surface area contributed by atoms with E-state index in [-0.39, 0.29) is 0 Å². The summed E-state index contributed by atoms with van der Waals surface area (Å²) in [6.45, 7) is 3.26. The van der Waals surface area contributed by atoms with Gasteiger partial charge in [-0.1, -0.05) is 36.8 Å². The van der Waals surface area contributed by atoms with Crippen LogP contribution >= 0.6 is 0 Å². The highest BCUT2D eigenvalue weighted by Crippen LogP contribution is 2.23. The van der Waals surface area contributed by atoms with Crippen LogP contribution in [0.4, 0.5) is 0 Å². The number of fused-ring (bicyclic) bond motifs is 1. The van der Waals surface area contributed by atoms with Gasteiger partial charge in [0.1, 0.15) is 0 Å². The first-order valence-electron chi connectivity index (χ1n) is 7.88. The molecule has 3 aromatic rings. The number of piperidine rings is 1. The average Bonchev–Trinajstić information content (AvgIpc) is 3.05. The van der Waals surface area contributed by atoms with Gasteiger partial charge in [0, 0.05) is 23.9 Å². The highest BCUT2D eigenvalue weighted by molar-refractivity contribution is 5.66. The maximum Gasteiger partial charge on any atom is 0.183 e. The van der Waals surface area contributed by atoms with E-state index in [0.29, 0.717) is 0 Å². The van der Waals surface area contributed by atoms with E-state index in [1.54, 1.807) is 4.52 Å². The molecule has 0 radical (unpaired) electrons. The molecule has 4 rings (SSSR count). The largest absolute Gasteiger partial charge is 0.299 e. The lowest BCUT2D eigenvalue weighted by Crippen LogP contribution is -2.29. The molecule has 0 atom stereocenters. The molecule has 1 saturated heterocycles. The van der Waals surface area contributed by atoms with Crippen molar-refractivity contribution in [1.29, 1.82) is 0 Å². The summed E-state index contributed by atoms with van der Waals surface area (Å²) in [4.78, 5) is 2.50. The van der Waals surface area contributed by atoms with Crippen molar-refractivity contribution < 1.29 is 0 Å². The Kier molecular flexibility index (Phi) is 3.56. The number of benzene rings is 1. The molecule has 0 unspecified atom stereocenters. The van der Waals surface area contributed by atoms with Crippen LogP contribution in [0.15, 0.2) is 42.6 Å². The van der Waals surface area contributed by atoms with Gasteiger partial charge in [-0.15, -0.1) is 5.10 Å². The van der Waals surface area contributed by atoms with Crippen LogP contribution in [0.5, 0.6) is 0 Å². The van der Waals surface area contributed by atoms with E-state index in [4.69, 9.17) is 0 Å². The minimum absolute atomic E-state index is 0.866. The first-order chi connectivity index (χ1) is 10.9. The predicted molar refractivity (Wildman–Crippen MR) is 85.3 cm³/mol. The number of aromatic nitrogens is 4. The van der Waals surface area contributed by atoms with Gasteiger partial charge in [-0.05, 0) is 48.0 Å². The molecule has 22 heavy (non-hydrogen) atoms. The number of hydrogen-bond donors (Lipinski definition) is 0. The summed E-state index contributed by atoms with van der Waals surface area (Å²) in [6.07, 6.45) is 5.94.